The average molecular weight is 274 g/mol. The lowest BCUT2D eigenvalue weighted by Gasteiger charge is -2.17. The molecule has 1 unspecified atom stereocenters. The van der Waals surface area contributed by atoms with E-state index in [2.05, 4.69) is 5.32 Å². The molecule has 3 nitrogen and oxygen atoms in total. The molecule has 0 aliphatic heterocycles. The molecule has 0 aliphatic rings. The normalized spacial score (nSPS) is 12.6. The average Bonchev–Trinajstić information content (AvgIpc) is 2.31. The number of benzene rings is 1. The quantitative estimate of drug-likeness (QED) is 0.804. The summed E-state index contributed by atoms with van der Waals surface area (Å²) in [5.74, 6) is -4.95. The molecule has 0 saturated heterocycles. The van der Waals surface area contributed by atoms with Crippen molar-refractivity contribution in [1.82, 2.24) is 5.32 Å². The fraction of sp³-hybridized carbons (Fsp3) is 0.462. The fourth-order valence-corrected chi connectivity index (χ4v) is 1.70. The van der Waals surface area contributed by atoms with E-state index in [0.717, 1.165) is 12.1 Å². The third-order valence-corrected chi connectivity index (χ3v) is 2.61. The standard InChI is InChI=1S/C13H17F3N2O/c1-7(2)18-13(19)9(6-17)3-8-4-10(14)12(16)11(15)5-8/h4-5,7,9H,3,6,17H2,1-2H3,(H,18,19). The Morgan fingerprint density at radius 3 is 2.21 bits per heavy atom. The van der Waals surface area contributed by atoms with Crippen molar-refractivity contribution in [3.05, 3.63) is 35.1 Å². The van der Waals surface area contributed by atoms with Gasteiger partial charge in [0.25, 0.3) is 0 Å². The van der Waals surface area contributed by atoms with Crippen LogP contribution in [0.3, 0.4) is 0 Å². The first-order chi connectivity index (χ1) is 8.85. The van der Waals surface area contributed by atoms with E-state index in [9.17, 15) is 18.0 Å². The molecule has 106 valence electrons. The first-order valence-corrected chi connectivity index (χ1v) is 5.99. The van der Waals surface area contributed by atoms with Gasteiger partial charge >= 0.3 is 0 Å². The molecule has 1 atom stereocenters. The molecule has 1 rings (SSSR count). The van der Waals surface area contributed by atoms with Gasteiger partial charge in [0.2, 0.25) is 5.91 Å². The summed E-state index contributed by atoms with van der Waals surface area (Å²) in [5, 5.41) is 2.67. The van der Waals surface area contributed by atoms with Crippen molar-refractivity contribution in [2.24, 2.45) is 11.7 Å². The lowest BCUT2D eigenvalue weighted by atomic mass is 9.98. The van der Waals surface area contributed by atoms with Crippen molar-refractivity contribution < 1.29 is 18.0 Å². The van der Waals surface area contributed by atoms with Crippen LogP contribution in [0.25, 0.3) is 0 Å². The van der Waals surface area contributed by atoms with Crippen LogP contribution < -0.4 is 11.1 Å². The molecule has 0 spiro atoms. The number of amides is 1. The summed E-state index contributed by atoms with van der Waals surface area (Å²) >= 11 is 0. The van der Waals surface area contributed by atoms with Gasteiger partial charge in [0.05, 0.1) is 5.92 Å². The van der Waals surface area contributed by atoms with Crippen molar-refractivity contribution in [3.63, 3.8) is 0 Å². The highest BCUT2D eigenvalue weighted by atomic mass is 19.2. The summed E-state index contributed by atoms with van der Waals surface area (Å²) in [7, 11) is 0. The summed E-state index contributed by atoms with van der Waals surface area (Å²) < 4.78 is 38.9. The van der Waals surface area contributed by atoms with Gasteiger partial charge in [-0.15, -0.1) is 0 Å². The third-order valence-electron chi connectivity index (χ3n) is 2.61. The summed E-state index contributed by atoms with van der Waals surface area (Å²) in [5.41, 5.74) is 5.68. The Balaban J connectivity index is 2.84. The largest absolute Gasteiger partial charge is 0.354 e. The van der Waals surface area contributed by atoms with E-state index in [1.165, 1.54) is 0 Å². The van der Waals surface area contributed by atoms with E-state index in [1.807, 2.05) is 0 Å². The van der Waals surface area contributed by atoms with Crippen LogP contribution in [-0.4, -0.2) is 18.5 Å². The van der Waals surface area contributed by atoms with Crippen molar-refractivity contribution in [1.29, 1.82) is 0 Å². The Morgan fingerprint density at radius 2 is 1.79 bits per heavy atom. The molecule has 0 aromatic heterocycles. The Bertz CT molecular complexity index is 440. The number of rotatable bonds is 5. The van der Waals surface area contributed by atoms with E-state index < -0.39 is 23.4 Å². The molecule has 6 heteroatoms. The van der Waals surface area contributed by atoms with E-state index in [0.29, 0.717) is 0 Å². The molecule has 0 heterocycles. The molecular weight excluding hydrogens is 257 g/mol. The maximum Gasteiger partial charge on any atom is 0.224 e. The van der Waals surface area contributed by atoms with Crippen LogP contribution in [0.5, 0.6) is 0 Å². The van der Waals surface area contributed by atoms with Gasteiger partial charge in [-0.2, -0.15) is 0 Å². The van der Waals surface area contributed by atoms with Crippen LogP contribution >= 0.6 is 0 Å². The SMILES string of the molecule is CC(C)NC(=O)C(CN)Cc1cc(F)c(F)c(F)c1. The summed E-state index contributed by atoms with van der Waals surface area (Å²) in [6, 6.07) is 1.70. The van der Waals surface area contributed by atoms with E-state index >= 15 is 0 Å². The maximum atomic E-state index is 13.1. The molecule has 19 heavy (non-hydrogen) atoms. The van der Waals surface area contributed by atoms with E-state index in [-0.39, 0.29) is 30.5 Å². The zero-order chi connectivity index (χ0) is 14.6. The van der Waals surface area contributed by atoms with E-state index in [1.54, 1.807) is 13.8 Å². The summed E-state index contributed by atoms with van der Waals surface area (Å²) in [4.78, 5) is 11.8. The lowest BCUT2D eigenvalue weighted by molar-refractivity contribution is -0.125. The van der Waals surface area contributed by atoms with Crippen molar-refractivity contribution in [2.75, 3.05) is 6.54 Å². The van der Waals surface area contributed by atoms with Crippen LogP contribution in [-0.2, 0) is 11.2 Å². The van der Waals surface area contributed by atoms with Crippen molar-refractivity contribution >= 4 is 5.91 Å². The predicted octanol–water partition coefficient (Wildman–Crippen LogP) is 1.75. The maximum absolute atomic E-state index is 13.1. The van der Waals surface area contributed by atoms with Gasteiger partial charge in [-0.25, -0.2) is 13.2 Å². The zero-order valence-corrected chi connectivity index (χ0v) is 10.8. The highest BCUT2D eigenvalue weighted by molar-refractivity contribution is 5.79. The monoisotopic (exact) mass is 274 g/mol. The third kappa shape index (κ3) is 4.24. The minimum atomic E-state index is -1.51. The second-order valence-electron chi connectivity index (χ2n) is 4.67. The van der Waals surface area contributed by atoms with Gasteiger partial charge < -0.3 is 11.1 Å². The Kier molecular flexibility index (Phi) is 5.35. The number of hydrogen-bond donors (Lipinski definition) is 2. The molecule has 0 fully saturated rings. The van der Waals surface area contributed by atoms with Gasteiger partial charge in [-0.05, 0) is 38.0 Å². The number of nitrogens with two attached hydrogens (primary N) is 1. The molecule has 1 aromatic rings. The summed E-state index contributed by atoms with van der Waals surface area (Å²) in [6.07, 6.45) is 0.0587. The Morgan fingerprint density at radius 1 is 1.26 bits per heavy atom. The second-order valence-corrected chi connectivity index (χ2v) is 4.67. The van der Waals surface area contributed by atoms with Gasteiger partial charge in [-0.1, -0.05) is 0 Å². The van der Waals surface area contributed by atoms with Crippen LogP contribution in [0.15, 0.2) is 12.1 Å². The highest BCUT2D eigenvalue weighted by Crippen LogP contribution is 2.16. The van der Waals surface area contributed by atoms with Gasteiger partial charge in [0.15, 0.2) is 17.5 Å². The van der Waals surface area contributed by atoms with Gasteiger partial charge in [0.1, 0.15) is 0 Å². The number of carbonyl (C=O) groups excluding carboxylic acids is 1. The van der Waals surface area contributed by atoms with Gasteiger partial charge in [0, 0.05) is 12.6 Å². The Hall–Kier alpha value is -1.56. The van der Waals surface area contributed by atoms with E-state index in [4.69, 9.17) is 5.73 Å². The molecule has 1 aromatic carbocycles. The van der Waals surface area contributed by atoms with Crippen LogP contribution in [0.4, 0.5) is 13.2 Å². The smallest absolute Gasteiger partial charge is 0.224 e. The molecule has 1 amide bonds. The summed E-state index contributed by atoms with van der Waals surface area (Å²) in [6.45, 7) is 3.63. The number of nitrogens with one attached hydrogen (secondary N) is 1. The van der Waals surface area contributed by atoms with Crippen LogP contribution in [0, 0.1) is 23.4 Å². The number of halogens is 3. The minimum Gasteiger partial charge on any atom is -0.354 e. The second kappa shape index (κ2) is 6.56. The Labute approximate surface area is 110 Å². The molecule has 0 aliphatic carbocycles. The molecule has 0 saturated carbocycles. The fourth-order valence-electron chi connectivity index (χ4n) is 1.70. The first kappa shape index (κ1) is 15.5. The van der Waals surface area contributed by atoms with Crippen LogP contribution in [0.1, 0.15) is 19.4 Å². The topological polar surface area (TPSA) is 55.1 Å². The van der Waals surface area contributed by atoms with Crippen molar-refractivity contribution in [3.8, 4) is 0 Å². The van der Waals surface area contributed by atoms with Gasteiger partial charge in [-0.3, -0.25) is 4.79 Å². The lowest BCUT2D eigenvalue weighted by Crippen LogP contribution is -2.39. The molecule has 0 bridgehead atoms. The zero-order valence-electron chi connectivity index (χ0n) is 10.8. The number of carbonyl (C=O) groups is 1. The number of hydrogen-bond acceptors (Lipinski definition) is 2. The molecule has 3 N–H and O–H groups in total. The predicted molar refractivity (Wildman–Crippen MR) is 65.8 cm³/mol. The first-order valence-electron chi connectivity index (χ1n) is 5.99. The van der Waals surface area contributed by atoms with Crippen LogP contribution in [0.2, 0.25) is 0 Å². The van der Waals surface area contributed by atoms with Crippen molar-refractivity contribution in [2.45, 2.75) is 26.3 Å². The minimum absolute atomic E-state index is 0.0408. The molecular formula is C13H17F3N2O. The highest BCUT2D eigenvalue weighted by Gasteiger charge is 2.20. The molecule has 0 radical (unpaired) electrons.